The van der Waals surface area contributed by atoms with Crippen LogP contribution in [0.15, 0.2) is 12.3 Å². The maximum absolute atomic E-state index is 11.5. The molecule has 2 amide bonds. The van der Waals surface area contributed by atoms with E-state index in [0.29, 0.717) is 12.1 Å². The monoisotopic (exact) mass is 254 g/mol. The molecular weight excluding hydrogens is 240 g/mol. The van der Waals surface area contributed by atoms with E-state index in [1.807, 2.05) is 0 Å². The number of anilines is 1. The molecular formula is C10H14N4O4. The lowest BCUT2D eigenvalue weighted by Crippen LogP contribution is -2.30. The minimum absolute atomic E-state index is 0.0143. The molecule has 1 heterocycles. The van der Waals surface area contributed by atoms with Crippen LogP contribution in [0.3, 0.4) is 0 Å². The number of nitrogens with one attached hydrogen (secondary N) is 2. The van der Waals surface area contributed by atoms with E-state index in [4.69, 9.17) is 9.84 Å². The molecule has 0 aliphatic carbocycles. The minimum Gasteiger partial charge on any atom is -0.481 e. The predicted molar refractivity (Wildman–Crippen MR) is 62.5 cm³/mol. The minimum atomic E-state index is -0.891. The molecule has 0 saturated heterocycles. The van der Waals surface area contributed by atoms with Crippen LogP contribution in [-0.2, 0) is 4.79 Å². The zero-order valence-corrected chi connectivity index (χ0v) is 9.84. The summed E-state index contributed by atoms with van der Waals surface area (Å²) in [6.07, 6.45) is 1.80. The highest BCUT2D eigenvalue weighted by Crippen LogP contribution is 2.18. The molecule has 0 atom stereocenters. The second-order valence-corrected chi connectivity index (χ2v) is 3.33. The molecule has 0 bridgehead atoms. The molecule has 0 unspecified atom stereocenters. The maximum Gasteiger partial charge on any atom is 0.319 e. The molecule has 8 heteroatoms. The Labute approximate surface area is 103 Å². The molecule has 0 aliphatic heterocycles. The van der Waals surface area contributed by atoms with Crippen molar-refractivity contribution in [2.24, 2.45) is 0 Å². The number of carboxylic acid groups (broad SMARTS) is 1. The Balaban J connectivity index is 2.37. The van der Waals surface area contributed by atoms with Crippen LogP contribution < -0.4 is 15.4 Å². The number of amides is 2. The summed E-state index contributed by atoms with van der Waals surface area (Å²) in [6.45, 7) is 0.277. The highest BCUT2D eigenvalue weighted by molar-refractivity contribution is 5.90. The van der Waals surface area contributed by atoms with E-state index < -0.39 is 12.0 Å². The number of nitrogens with zero attached hydrogens (tertiary/aromatic N) is 2. The summed E-state index contributed by atoms with van der Waals surface area (Å²) in [7, 11) is 1.42. The number of carbonyl (C=O) groups is 2. The third kappa shape index (κ3) is 4.64. The Morgan fingerprint density at radius 2 is 2.28 bits per heavy atom. The molecule has 0 radical (unpaired) electrons. The molecule has 1 aromatic rings. The summed E-state index contributed by atoms with van der Waals surface area (Å²) in [5, 5.41) is 20.8. The van der Waals surface area contributed by atoms with E-state index >= 15 is 0 Å². The molecule has 0 aliphatic rings. The summed E-state index contributed by atoms with van der Waals surface area (Å²) in [5.41, 5.74) is 0.392. The fourth-order valence-corrected chi connectivity index (χ4v) is 1.17. The third-order valence-corrected chi connectivity index (χ3v) is 1.98. The summed E-state index contributed by atoms with van der Waals surface area (Å²) in [5.74, 6) is -0.685. The number of aliphatic carboxylic acids is 1. The van der Waals surface area contributed by atoms with Gasteiger partial charge in [-0.1, -0.05) is 0 Å². The Hall–Kier alpha value is -2.38. The number of carbonyl (C=O) groups excluding carboxylic acids is 1. The van der Waals surface area contributed by atoms with Gasteiger partial charge in [0.2, 0.25) is 0 Å². The van der Waals surface area contributed by atoms with E-state index in [0.717, 1.165) is 0 Å². The topological polar surface area (TPSA) is 113 Å². The lowest BCUT2D eigenvalue weighted by atomic mass is 10.3. The second-order valence-electron chi connectivity index (χ2n) is 3.33. The van der Waals surface area contributed by atoms with Crippen LogP contribution in [0.5, 0.6) is 5.88 Å². The standard InChI is InChI=1S/C10H14N4O4/c1-18-9-7(4-6-12-14-9)13-10(17)11-5-2-3-8(15)16/h4,6H,2-3,5H2,1H3,(H,15,16)(H2,11,12,13,17). The average Bonchev–Trinajstić information content (AvgIpc) is 2.35. The molecule has 3 N–H and O–H groups in total. The van der Waals surface area contributed by atoms with Crippen molar-refractivity contribution < 1.29 is 19.4 Å². The van der Waals surface area contributed by atoms with Gasteiger partial charge in [-0.25, -0.2) is 4.79 Å². The number of carboxylic acids is 1. The van der Waals surface area contributed by atoms with Gasteiger partial charge in [0.25, 0.3) is 5.88 Å². The highest BCUT2D eigenvalue weighted by atomic mass is 16.5. The normalized spacial score (nSPS) is 9.61. The smallest absolute Gasteiger partial charge is 0.319 e. The SMILES string of the molecule is COc1nnccc1NC(=O)NCCCC(=O)O. The molecule has 1 aromatic heterocycles. The predicted octanol–water partition coefficient (Wildman–Crippen LogP) is 0.471. The molecule has 0 aromatic carbocycles. The van der Waals surface area contributed by atoms with E-state index in [9.17, 15) is 9.59 Å². The van der Waals surface area contributed by atoms with Crippen molar-refractivity contribution in [3.63, 3.8) is 0 Å². The number of aromatic nitrogens is 2. The second kappa shape index (κ2) is 7.05. The average molecular weight is 254 g/mol. The lowest BCUT2D eigenvalue weighted by Gasteiger charge is -2.08. The van der Waals surface area contributed by atoms with Crippen molar-refractivity contribution in [2.75, 3.05) is 19.0 Å². The fourth-order valence-electron chi connectivity index (χ4n) is 1.17. The van der Waals surface area contributed by atoms with Gasteiger partial charge < -0.3 is 20.5 Å². The first-order chi connectivity index (χ1) is 8.63. The van der Waals surface area contributed by atoms with Crippen LogP contribution in [-0.4, -0.2) is 41.0 Å². The number of urea groups is 1. The fraction of sp³-hybridized carbons (Fsp3) is 0.400. The number of rotatable bonds is 6. The Bertz CT molecular complexity index is 424. The molecule has 1 rings (SSSR count). The highest BCUT2D eigenvalue weighted by Gasteiger charge is 2.07. The van der Waals surface area contributed by atoms with Gasteiger partial charge in [-0.3, -0.25) is 4.79 Å². The van der Waals surface area contributed by atoms with Crippen LogP contribution >= 0.6 is 0 Å². The third-order valence-electron chi connectivity index (χ3n) is 1.98. The van der Waals surface area contributed by atoms with Crippen molar-refractivity contribution in [1.82, 2.24) is 15.5 Å². The maximum atomic E-state index is 11.5. The van der Waals surface area contributed by atoms with E-state index in [-0.39, 0.29) is 18.8 Å². The van der Waals surface area contributed by atoms with E-state index in [1.165, 1.54) is 13.3 Å². The van der Waals surface area contributed by atoms with Crippen LogP contribution in [0.1, 0.15) is 12.8 Å². The Morgan fingerprint density at radius 3 is 2.94 bits per heavy atom. The largest absolute Gasteiger partial charge is 0.481 e. The summed E-state index contributed by atoms with van der Waals surface area (Å²) < 4.78 is 4.91. The van der Waals surface area contributed by atoms with Gasteiger partial charge in [0, 0.05) is 13.0 Å². The zero-order valence-electron chi connectivity index (χ0n) is 9.84. The van der Waals surface area contributed by atoms with Crippen molar-refractivity contribution in [2.45, 2.75) is 12.8 Å². The van der Waals surface area contributed by atoms with Crippen LogP contribution in [0, 0.1) is 0 Å². The van der Waals surface area contributed by atoms with Crippen molar-refractivity contribution >= 4 is 17.7 Å². The summed E-state index contributed by atoms with van der Waals surface area (Å²) in [4.78, 5) is 21.7. The van der Waals surface area contributed by atoms with Crippen molar-refractivity contribution in [3.8, 4) is 5.88 Å². The van der Waals surface area contributed by atoms with Gasteiger partial charge in [-0.15, -0.1) is 5.10 Å². The van der Waals surface area contributed by atoms with Gasteiger partial charge in [-0.2, -0.15) is 5.10 Å². The first kappa shape index (κ1) is 13.7. The summed E-state index contributed by atoms with van der Waals surface area (Å²) in [6, 6.07) is 1.09. The molecule has 0 fully saturated rings. The molecule has 18 heavy (non-hydrogen) atoms. The summed E-state index contributed by atoms with van der Waals surface area (Å²) >= 11 is 0. The number of hydrogen-bond donors (Lipinski definition) is 3. The molecule has 98 valence electrons. The molecule has 0 saturated carbocycles. The number of hydrogen-bond acceptors (Lipinski definition) is 5. The Morgan fingerprint density at radius 1 is 1.50 bits per heavy atom. The first-order valence-electron chi connectivity index (χ1n) is 5.26. The number of methoxy groups -OCH3 is 1. The Kier molecular flexibility index (Phi) is 5.36. The quantitative estimate of drug-likeness (QED) is 0.636. The number of ether oxygens (including phenoxy) is 1. The van der Waals surface area contributed by atoms with Gasteiger partial charge in [-0.05, 0) is 12.5 Å². The van der Waals surface area contributed by atoms with E-state index in [1.54, 1.807) is 6.07 Å². The van der Waals surface area contributed by atoms with Gasteiger partial charge in [0.1, 0.15) is 5.69 Å². The van der Waals surface area contributed by atoms with Crippen molar-refractivity contribution in [1.29, 1.82) is 0 Å². The van der Waals surface area contributed by atoms with Crippen LogP contribution in [0.4, 0.5) is 10.5 Å². The van der Waals surface area contributed by atoms with Crippen molar-refractivity contribution in [3.05, 3.63) is 12.3 Å². The van der Waals surface area contributed by atoms with E-state index in [2.05, 4.69) is 20.8 Å². The molecule has 8 nitrogen and oxygen atoms in total. The van der Waals surface area contributed by atoms with Gasteiger partial charge >= 0.3 is 12.0 Å². The van der Waals surface area contributed by atoms with Gasteiger partial charge in [0.15, 0.2) is 0 Å². The van der Waals surface area contributed by atoms with Crippen LogP contribution in [0.2, 0.25) is 0 Å². The first-order valence-corrected chi connectivity index (χ1v) is 5.26. The zero-order chi connectivity index (χ0) is 13.4. The lowest BCUT2D eigenvalue weighted by molar-refractivity contribution is -0.137. The van der Waals surface area contributed by atoms with Crippen LogP contribution in [0.25, 0.3) is 0 Å². The molecule has 0 spiro atoms. The van der Waals surface area contributed by atoms with Gasteiger partial charge in [0.05, 0.1) is 13.3 Å².